The van der Waals surface area contributed by atoms with Crippen LogP contribution in [0.5, 0.6) is 0 Å². The first-order chi connectivity index (χ1) is 22.2. The number of hydrogen-bond acceptors (Lipinski definition) is 7. The predicted octanol–water partition coefficient (Wildman–Crippen LogP) is 6.06. The van der Waals surface area contributed by atoms with Gasteiger partial charge in [-0.25, -0.2) is 14.8 Å². The molecule has 0 unspecified atom stereocenters. The van der Waals surface area contributed by atoms with Crippen LogP contribution in [0.4, 0.5) is 27.8 Å². The molecular weight excluding hydrogens is 562 g/mol. The first-order valence-electron chi connectivity index (χ1n) is 15.7. The zero-order valence-electron chi connectivity index (χ0n) is 25.2. The molecule has 9 nitrogen and oxygen atoms in total. The standard InChI is InChI=1S/C36H37N7O2/c44-36(43-34(17-22-45-43)30-6-2-1-3-7-30)40-32-8-4-5-27(23-32)9-12-29-24-37-35(38-25-29)39-31-13-15-33(16-14-31)42-20-18-41(19-21-42)26-28-10-11-28/h1-8,13-16,23-25,28,34H,10-11,17-22,26H2,(H,40,44)(H,37,38,39)/t34-/m0/s1. The Kier molecular flexibility index (Phi) is 8.58. The lowest BCUT2D eigenvalue weighted by molar-refractivity contribution is -0.0829. The fourth-order valence-electron chi connectivity index (χ4n) is 5.84. The molecule has 7 rings (SSSR count). The molecule has 0 bridgehead atoms. The van der Waals surface area contributed by atoms with Gasteiger partial charge >= 0.3 is 6.03 Å². The average Bonchev–Trinajstić information content (AvgIpc) is 3.76. The molecule has 228 valence electrons. The van der Waals surface area contributed by atoms with Crippen molar-refractivity contribution in [2.75, 3.05) is 54.9 Å². The quantitative estimate of drug-likeness (QED) is 0.250. The molecule has 1 saturated carbocycles. The van der Waals surface area contributed by atoms with Crippen LogP contribution in [0.2, 0.25) is 0 Å². The molecule has 1 aromatic heterocycles. The molecule has 0 radical (unpaired) electrons. The maximum absolute atomic E-state index is 13.0. The van der Waals surface area contributed by atoms with Crippen molar-refractivity contribution in [3.63, 3.8) is 0 Å². The van der Waals surface area contributed by atoms with E-state index in [4.69, 9.17) is 4.84 Å². The summed E-state index contributed by atoms with van der Waals surface area (Å²) in [5.41, 5.74) is 5.35. The Bertz CT molecular complexity index is 1660. The summed E-state index contributed by atoms with van der Waals surface area (Å²) in [6.45, 7) is 6.22. The molecule has 2 aliphatic heterocycles. The first kappa shape index (κ1) is 28.8. The Morgan fingerprint density at radius 2 is 1.58 bits per heavy atom. The molecule has 3 aromatic carbocycles. The SMILES string of the molecule is O=C(Nc1cccc(C#Cc2cnc(Nc3ccc(N4CCN(CC5CC5)CC4)cc3)nc2)c1)N1OCC[C@H]1c1ccccc1. The second kappa shape index (κ2) is 13.4. The minimum atomic E-state index is -0.306. The lowest BCUT2D eigenvalue weighted by Gasteiger charge is -2.36. The van der Waals surface area contributed by atoms with Crippen LogP contribution >= 0.6 is 0 Å². The number of nitrogens with zero attached hydrogens (tertiary/aromatic N) is 5. The molecule has 1 atom stereocenters. The molecule has 0 spiro atoms. The van der Waals surface area contributed by atoms with E-state index in [2.05, 4.69) is 66.5 Å². The highest BCUT2D eigenvalue weighted by Crippen LogP contribution is 2.31. The molecule has 2 saturated heterocycles. The van der Waals surface area contributed by atoms with Gasteiger partial charge in [0.05, 0.1) is 18.2 Å². The van der Waals surface area contributed by atoms with E-state index in [1.807, 2.05) is 54.6 Å². The third kappa shape index (κ3) is 7.43. The van der Waals surface area contributed by atoms with Gasteiger partial charge in [0.15, 0.2) is 0 Å². The Labute approximate surface area is 264 Å². The first-order valence-corrected chi connectivity index (χ1v) is 15.7. The second-order valence-electron chi connectivity index (χ2n) is 11.8. The Morgan fingerprint density at radius 1 is 0.822 bits per heavy atom. The molecule has 3 heterocycles. The van der Waals surface area contributed by atoms with Crippen molar-refractivity contribution >= 4 is 29.0 Å². The van der Waals surface area contributed by atoms with Crippen molar-refractivity contribution < 1.29 is 9.63 Å². The van der Waals surface area contributed by atoms with Gasteiger partial charge in [-0.1, -0.05) is 48.2 Å². The van der Waals surface area contributed by atoms with E-state index in [-0.39, 0.29) is 12.1 Å². The third-order valence-corrected chi connectivity index (χ3v) is 8.48. The van der Waals surface area contributed by atoms with E-state index in [1.54, 1.807) is 12.4 Å². The molecule has 4 aromatic rings. The molecular formula is C36H37N7O2. The van der Waals surface area contributed by atoms with E-state index in [0.717, 1.165) is 55.3 Å². The number of amides is 2. The molecule has 3 fully saturated rings. The monoisotopic (exact) mass is 599 g/mol. The summed E-state index contributed by atoms with van der Waals surface area (Å²) in [6, 6.07) is 25.4. The Hall–Kier alpha value is -4.91. The van der Waals surface area contributed by atoms with Crippen LogP contribution in [0, 0.1) is 17.8 Å². The highest BCUT2D eigenvalue weighted by atomic mass is 16.7. The van der Waals surface area contributed by atoms with Gasteiger partial charge in [-0.3, -0.25) is 9.74 Å². The number of nitrogens with one attached hydrogen (secondary N) is 2. The maximum atomic E-state index is 13.0. The Morgan fingerprint density at radius 3 is 2.33 bits per heavy atom. The fourth-order valence-corrected chi connectivity index (χ4v) is 5.84. The third-order valence-electron chi connectivity index (χ3n) is 8.48. The van der Waals surface area contributed by atoms with Gasteiger partial charge < -0.3 is 15.5 Å². The van der Waals surface area contributed by atoms with Gasteiger partial charge in [0.25, 0.3) is 0 Å². The summed E-state index contributed by atoms with van der Waals surface area (Å²) in [5, 5.41) is 7.65. The number of benzene rings is 3. The van der Waals surface area contributed by atoms with Gasteiger partial charge in [-0.05, 0) is 66.8 Å². The number of aromatic nitrogens is 2. The van der Waals surface area contributed by atoms with Gasteiger partial charge in [0, 0.05) is 74.2 Å². The van der Waals surface area contributed by atoms with Crippen molar-refractivity contribution in [1.29, 1.82) is 0 Å². The summed E-state index contributed by atoms with van der Waals surface area (Å²) < 4.78 is 0. The summed E-state index contributed by atoms with van der Waals surface area (Å²) >= 11 is 0. The molecule has 9 heteroatoms. The van der Waals surface area contributed by atoms with Gasteiger partial charge in [0.2, 0.25) is 5.95 Å². The number of piperazine rings is 1. The number of hydroxylamine groups is 2. The molecule has 1 aliphatic carbocycles. The highest BCUT2D eigenvalue weighted by Gasteiger charge is 2.32. The summed E-state index contributed by atoms with van der Waals surface area (Å²) in [6.07, 6.45) is 6.99. The fraction of sp³-hybridized carbons (Fsp3) is 0.306. The van der Waals surface area contributed by atoms with Crippen LogP contribution in [-0.4, -0.2) is 65.3 Å². The lowest BCUT2D eigenvalue weighted by atomic mass is 10.1. The molecule has 45 heavy (non-hydrogen) atoms. The van der Waals surface area contributed by atoms with Crippen molar-refractivity contribution in [1.82, 2.24) is 19.9 Å². The number of anilines is 4. The molecule has 2 N–H and O–H groups in total. The maximum Gasteiger partial charge on any atom is 0.346 e. The molecule has 2 amide bonds. The van der Waals surface area contributed by atoms with Crippen molar-refractivity contribution in [2.45, 2.75) is 25.3 Å². The van der Waals surface area contributed by atoms with Crippen LogP contribution in [0.15, 0.2) is 91.3 Å². The van der Waals surface area contributed by atoms with E-state index < -0.39 is 0 Å². The van der Waals surface area contributed by atoms with E-state index in [1.165, 1.54) is 30.1 Å². The topological polar surface area (TPSA) is 85.9 Å². The van der Waals surface area contributed by atoms with Gasteiger partial charge in [-0.2, -0.15) is 5.06 Å². The van der Waals surface area contributed by atoms with Crippen LogP contribution in [0.25, 0.3) is 0 Å². The zero-order valence-corrected chi connectivity index (χ0v) is 25.2. The normalized spacial score (nSPS) is 18.3. The van der Waals surface area contributed by atoms with Crippen LogP contribution in [0.3, 0.4) is 0 Å². The molecule has 3 aliphatic rings. The van der Waals surface area contributed by atoms with Gasteiger partial charge in [0.1, 0.15) is 0 Å². The zero-order chi connectivity index (χ0) is 30.4. The van der Waals surface area contributed by atoms with Crippen LogP contribution in [-0.2, 0) is 4.84 Å². The van der Waals surface area contributed by atoms with Crippen molar-refractivity contribution in [2.24, 2.45) is 5.92 Å². The van der Waals surface area contributed by atoms with Crippen LogP contribution < -0.4 is 15.5 Å². The van der Waals surface area contributed by atoms with Crippen LogP contribution in [0.1, 0.15) is 42.0 Å². The minimum absolute atomic E-state index is 0.117. The average molecular weight is 600 g/mol. The van der Waals surface area contributed by atoms with Gasteiger partial charge in [-0.15, -0.1) is 0 Å². The number of carbonyl (C=O) groups excluding carboxylic acids is 1. The smallest absolute Gasteiger partial charge is 0.346 e. The summed E-state index contributed by atoms with van der Waals surface area (Å²) in [4.78, 5) is 32.6. The summed E-state index contributed by atoms with van der Waals surface area (Å²) in [7, 11) is 0. The number of carbonyl (C=O) groups is 1. The second-order valence-corrected chi connectivity index (χ2v) is 11.8. The van der Waals surface area contributed by atoms with Crippen molar-refractivity contribution in [3.8, 4) is 11.8 Å². The largest absolute Gasteiger partial charge is 0.369 e. The number of hydrogen-bond donors (Lipinski definition) is 2. The lowest BCUT2D eigenvalue weighted by Crippen LogP contribution is -2.47. The van der Waals surface area contributed by atoms with E-state index in [9.17, 15) is 4.79 Å². The van der Waals surface area contributed by atoms with E-state index >= 15 is 0 Å². The predicted molar refractivity (Wildman–Crippen MR) is 176 cm³/mol. The summed E-state index contributed by atoms with van der Waals surface area (Å²) in [5.74, 6) is 7.73. The number of urea groups is 1. The van der Waals surface area contributed by atoms with Crippen molar-refractivity contribution in [3.05, 3.63) is 108 Å². The highest BCUT2D eigenvalue weighted by molar-refractivity contribution is 5.89. The van der Waals surface area contributed by atoms with E-state index in [0.29, 0.717) is 23.8 Å². The minimum Gasteiger partial charge on any atom is -0.369 e. The number of rotatable bonds is 7. The Balaban J connectivity index is 0.919.